The summed E-state index contributed by atoms with van der Waals surface area (Å²) in [5.41, 5.74) is 0.720. The van der Waals surface area contributed by atoms with E-state index in [1.807, 2.05) is 0 Å². The van der Waals surface area contributed by atoms with Crippen LogP contribution in [0.2, 0.25) is 0 Å². The van der Waals surface area contributed by atoms with E-state index in [0.29, 0.717) is 6.54 Å². The molecule has 2 N–H and O–H groups in total. The molecule has 0 aliphatic carbocycles. The van der Waals surface area contributed by atoms with Crippen molar-refractivity contribution in [3.8, 4) is 0 Å². The van der Waals surface area contributed by atoms with E-state index in [1.165, 1.54) is 26.2 Å². The summed E-state index contributed by atoms with van der Waals surface area (Å²) in [5, 5.41) is 2.99. The third kappa shape index (κ3) is 5.08. The zero-order valence-corrected chi connectivity index (χ0v) is 13.3. The van der Waals surface area contributed by atoms with Crippen molar-refractivity contribution in [2.24, 2.45) is 0 Å². The van der Waals surface area contributed by atoms with Crippen LogP contribution in [-0.2, 0) is 20.0 Å². The van der Waals surface area contributed by atoms with E-state index in [1.54, 1.807) is 12.1 Å². The maximum absolute atomic E-state index is 11.8. The van der Waals surface area contributed by atoms with Crippen LogP contribution in [0.3, 0.4) is 0 Å². The van der Waals surface area contributed by atoms with Gasteiger partial charge in [-0.2, -0.15) is 0 Å². The molecule has 0 aliphatic heterocycles. The molecule has 7 nitrogen and oxygen atoms in total. The molecule has 1 aromatic carbocycles. The summed E-state index contributed by atoms with van der Waals surface area (Å²) in [7, 11) is -3.67. The van der Waals surface area contributed by atoms with E-state index in [4.69, 9.17) is 0 Å². The fourth-order valence-corrected chi connectivity index (χ4v) is 2.77. The first-order chi connectivity index (χ1) is 9.13. The van der Waals surface area contributed by atoms with Crippen LogP contribution in [0.1, 0.15) is 0 Å². The van der Waals surface area contributed by atoms with E-state index in [0.717, 1.165) is 16.2 Å². The number of hydrogen-bond donors (Lipinski definition) is 2. The summed E-state index contributed by atoms with van der Waals surface area (Å²) in [4.78, 5) is 0.210. The molecule has 1 rings (SSSR count). The molecule has 0 saturated heterocycles. The minimum atomic E-state index is -3.42. The van der Waals surface area contributed by atoms with Crippen molar-refractivity contribution in [3.05, 3.63) is 24.3 Å². The molecule has 0 unspecified atom stereocenters. The predicted molar refractivity (Wildman–Crippen MR) is 78.7 cm³/mol. The zero-order chi connectivity index (χ0) is 15.4. The molecule has 0 amide bonds. The summed E-state index contributed by atoms with van der Waals surface area (Å²) in [6.45, 7) is 0.670. The molecule has 0 saturated carbocycles. The molecule has 20 heavy (non-hydrogen) atoms. The molecule has 0 bridgehead atoms. The van der Waals surface area contributed by atoms with Crippen LogP contribution < -0.4 is 10.0 Å². The van der Waals surface area contributed by atoms with Gasteiger partial charge in [-0.15, -0.1) is 0 Å². The molecule has 0 aliphatic rings. The van der Waals surface area contributed by atoms with Crippen molar-refractivity contribution in [1.82, 2.24) is 9.03 Å². The average molecular weight is 321 g/mol. The fraction of sp³-hybridized carbons (Fsp3) is 0.455. The van der Waals surface area contributed by atoms with Crippen molar-refractivity contribution in [2.45, 2.75) is 4.90 Å². The number of nitrogens with zero attached hydrogens (tertiary/aromatic N) is 1. The highest BCUT2D eigenvalue weighted by molar-refractivity contribution is 7.89. The van der Waals surface area contributed by atoms with Crippen molar-refractivity contribution < 1.29 is 16.8 Å². The van der Waals surface area contributed by atoms with Crippen LogP contribution in [0.4, 0.5) is 5.69 Å². The fourth-order valence-electron chi connectivity index (χ4n) is 1.40. The molecule has 0 radical (unpaired) electrons. The monoisotopic (exact) mass is 321 g/mol. The number of anilines is 1. The first-order valence-electron chi connectivity index (χ1n) is 5.84. The van der Waals surface area contributed by atoms with Gasteiger partial charge in [-0.1, -0.05) is 0 Å². The highest BCUT2D eigenvalue weighted by Gasteiger charge is 2.16. The third-order valence-corrected chi connectivity index (χ3v) is 5.01. The second-order valence-corrected chi connectivity index (χ2v) is 8.39. The first-order valence-corrected chi connectivity index (χ1v) is 9.17. The highest BCUT2D eigenvalue weighted by atomic mass is 32.2. The van der Waals surface area contributed by atoms with Gasteiger partial charge in [-0.05, 0) is 24.3 Å². The second kappa shape index (κ2) is 6.53. The van der Waals surface area contributed by atoms with E-state index >= 15 is 0 Å². The standard InChI is InChI=1S/C11H19N3O4S2/c1-14(2)20(17,18)11-6-4-10(5-7-11)12-8-9-13-19(3,15)16/h4-7,12-13H,8-9H2,1-3H3. The lowest BCUT2D eigenvalue weighted by molar-refractivity contribution is 0.521. The second-order valence-electron chi connectivity index (χ2n) is 4.41. The number of hydrogen-bond acceptors (Lipinski definition) is 5. The van der Waals surface area contributed by atoms with Crippen LogP contribution in [0.15, 0.2) is 29.2 Å². The molecular weight excluding hydrogens is 302 g/mol. The maximum Gasteiger partial charge on any atom is 0.242 e. The van der Waals surface area contributed by atoms with Crippen LogP contribution >= 0.6 is 0 Å². The molecule has 9 heteroatoms. The molecular formula is C11H19N3O4S2. The van der Waals surface area contributed by atoms with E-state index in [-0.39, 0.29) is 11.4 Å². The normalized spacial score (nSPS) is 12.6. The van der Waals surface area contributed by atoms with Crippen molar-refractivity contribution in [3.63, 3.8) is 0 Å². The average Bonchev–Trinajstić information content (AvgIpc) is 2.34. The molecule has 0 spiro atoms. The Hall–Kier alpha value is -1.16. The van der Waals surface area contributed by atoms with Gasteiger partial charge in [0.2, 0.25) is 20.0 Å². The van der Waals surface area contributed by atoms with Gasteiger partial charge in [0, 0.05) is 32.9 Å². The van der Waals surface area contributed by atoms with Gasteiger partial charge in [-0.25, -0.2) is 25.9 Å². The quantitative estimate of drug-likeness (QED) is 0.684. The van der Waals surface area contributed by atoms with E-state index in [2.05, 4.69) is 10.0 Å². The minimum Gasteiger partial charge on any atom is -0.384 e. The van der Waals surface area contributed by atoms with Crippen molar-refractivity contribution >= 4 is 25.7 Å². The number of sulfonamides is 2. The molecule has 0 heterocycles. The molecule has 0 aromatic heterocycles. The molecule has 1 aromatic rings. The summed E-state index contributed by atoms with van der Waals surface area (Å²) in [6.07, 6.45) is 1.09. The van der Waals surface area contributed by atoms with Crippen molar-refractivity contribution in [2.75, 3.05) is 38.8 Å². The topological polar surface area (TPSA) is 95.6 Å². The van der Waals surface area contributed by atoms with E-state index in [9.17, 15) is 16.8 Å². The third-order valence-electron chi connectivity index (χ3n) is 2.45. The lowest BCUT2D eigenvalue weighted by Gasteiger charge is -2.12. The predicted octanol–water partition coefficient (Wildman–Crippen LogP) is -0.102. The van der Waals surface area contributed by atoms with Crippen LogP contribution in [0.5, 0.6) is 0 Å². The summed E-state index contributed by atoms with van der Waals surface area (Å²) in [5.74, 6) is 0. The number of nitrogens with one attached hydrogen (secondary N) is 2. The smallest absolute Gasteiger partial charge is 0.242 e. The minimum absolute atomic E-state index is 0.210. The Labute approximate surface area is 120 Å². The number of benzene rings is 1. The Balaban J connectivity index is 2.60. The maximum atomic E-state index is 11.8. The Morgan fingerprint density at radius 3 is 2.00 bits per heavy atom. The van der Waals surface area contributed by atoms with Crippen molar-refractivity contribution in [1.29, 1.82) is 0 Å². The largest absolute Gasteiger partial charge is 0.384 e. The SMILES string of the molecule is CN(C)S(=O)(=O)c1ccc(NCCNS(C)(=O)=O)cc1. The van der Waals surface area contributed by atoms with Crippen LogP contribution in [0.25, 0.3) is 0 Å². The first kappa shape index (κ1) is 16.9. The molecule has 114 valence electrons. The van der Waals surface area contributed by atoms with Gasteiger partial charge in [0.05, 0.1) is 11.2 Å². The molecule has 0 atom stereocenters. The molecule has 0 fully saturated rings. The van der Waals surface area contributed by atoms with Crippen LogP contribution in [0, 0.1) is 0 Å². The Morgan fingerprint density at radius 2 is 1.55 bits per heavy atom. The van der Waals surface area contributed by atoms with Gasteiger partial charge in [0.15, 0.2) is 0 Å². The number of rotatable bonds is 7. The van der Waals surface area contributed by atoms with Gasteiger partial charge < -0.3 is 5.32 Å². The van der Waals surface area contributed by atoms with Gasteiger partial charge >= 0.3 is 0 Å². The summed E-state index contributed by atoms with van der Waals surface area (Å²) < 4.78 is 48.9. The zero-order valence-electron chi connectivity index (χ0n) is 11.6. The Kier molecular flexibility index (Phi) is 5.51. The van der Waals surface area contributed by atoms with Gasteiger partial charge in [0.25, 0.3) is 0 Å². The lowest BCUT2D eigenvalue weighted by Crippen LogP contribution is -2.27. The summed E-state index contributed by atoms with van der Waals surface area (Å²) in [6, 6.07) is 6.27. The highest BCUT2D eigenvalue weighted by Crippen LogP contribution is 2.16. The van der Waals surface area contributed by atoms with E-state index < -0.39 is 20.0 Å². The summed E-state index contributed by atoms with van der Waals surface area (Å²) >= 11 is 0. The lowest BCUT2D eigenvalue weighted by atomic mass is 10.3. The van der Waals surface area contributed by atoms with Gasteiger partial charge in [0.1, 0.15) is 0 Å². The van der Waals surface area contributed by atoms with Crippen LogP contribution in [-0.4, -0.2) is 54.6 Å². The van der Waals surface area contributed by atoms with Gasteiger partial charge in [-0.3, -0.25) is 0 Å². The Bertz CT molecular complexity index is 637. The Morgan fingerprint density at radius 1 is 1.00 bits per heavy atom.